The van der Waals surface area contributed by atoms with Crippen molar-refractivity contribution in [3.63, 3.8) is 0 Å². The number of benzene rings is 1. The molecule has 0 saturated heterocycles. The molecule has 0 bridgehead atoms. The molecular formula is C15H24BrN3O2. The summed E-state index contributed by atoms with van der Waals surface area (Å²) in [6.07, 6.45) is -0.439. The number of hydrogen-bond donors (Lipinski definition) is 3. The number of anilines is 1. The van der Waals surface area contributed by atoms with E-state index in [1.807, 2.05) is 45.9 Å². The van der Waals surface area contributed by atoms with Crippen molar-refractivity contribution in [3.8, 4) is 0 Å². The smallest absolute Gasteiger partial charge is 0.407 e. The van der Waals surface area contributed by atoms with Gasteiger partial charge in [-0.15, -0.1) is 0 Å². The first-order chi connectivity index (χ1) is 9.71. The Morgan fingerprint density at radius 1 is 1.43 bits per heavy atom. The first kappa shape index (κ1) is 17.8. The third-order valence-electron chi connectivity index (χ3n) is 2.66. The van der Waals surface area contributed by atoms with E-state index >= 15 is 0 Å². The Kier molecular flexibility index (Phi) is 6.48. The van der Waals surface area contributed by atoms with E-state index in [-0.39, 0.29) is 6.04 Å². The van der Waals surface area contributed by atoms with Gasteiger partial charge in [-0.3, -0.25) is 0 Å². The zero-order valence-corrected chi connectivity index (χ0v) is 14.6. The second-order valence-corrected chi connectivity index (χ2v) is 6.80. The molecule has 0 aliphatic heterocycles. The van der Waals surface area contributed by atoms with Crippen molar-refractivity contribution in [1.29, 1.82) is 0 Å². The molecule has 4 N–H and O–H groups in total. The Morgan fingerprint density at radius 3 is 2.67 bits per heavy atom. The molecule has 0 fully saturated rings. The molecule has 1 amide bonds. The molecule has 1 aromatic carbocycles. The van der Waals surface area contributed by atoms with E-state index in [1.165, 1.54) is 0 Å². The van der Waals surface area contributed by atoms with Crippen LogP contribution >= 0.6 is 15.9 Å². The summed E-state index contributed by atoms with van der Waals surface area (Å²) in [4.78, 5) is 11.6. The average Bonchev–Trinajstić information content (AvgIpc) is 2.36. The van der Waals surface area contributed by atoms with Crippen molar-refractivity contribution >= 4 is 27.7 Å². The molecule has 1 rings (SSSR count). The Labute approximate surface area is 134 Å². The lowest BCUT2D eigenvalue weighted by molar-refractivity contribution is 0.0526. The zero-order chi connectivity index (χ0) is 16.0. The molecule has 118 valence electrons. The molecule has 0 radical (unpaired) electrons. The van der Waals surface area contributed by atoms with Crippen LogP contribution in [0.4, 0.5) is 10.5 Å². The molecule has 0 spiro atoms. The third kappa shape index (κ3) is 6.82. The van der Waals surface area contributed by atoms with E-state index in [0.29, 0.717) is 13.1 Å². The summed E-state index contributed by atoms with van der Waals surface area (Å²) < 4.78 is 6.16. The van der Waals surface area contributed by atoms with Gasteiger partial charge in [0.1, 0.15) is 5.60 Å². The molecule has 21 heavy (non-hydrogen) atoms. The summed E-state index contributed by atoms with van der Waals surface area (Å²) in [6.45, 7) is 8.30. The largest absolute Gasteiger partial charge is 0.444 e. The quantitative estimate of drug-likeness (QED) is 0.756. The topological polar surface area (TPSA) is 76.4 Å². The lowest BCUT2D eigenvalue weighted by Crippen LogP contribution is -2.42. The lowest BCUT2D eigenvalue weighted by Gasteiger charge is -2.23. The second kappa shape index (κ2) is 7.66. The van der Waals surface area contributed by atoms with Crippen LogP contribution in [0.25, 0.3) is 0 Å². The number of rotatable bonds is 5. The molecular weight excluding hydrogens is 334 g/mol. The fourth-order valence-electron chi connectivity index (χ4n) is 1.68. The maximum absolute atomic E-state index is 11.6. The predicted molar refractivity (Wildman–Crippen MR) is 89.6 cm³/mol. The van der Waals surface area contributed by atoms with Gasteiger partial charge in [-0.05, 0) is 61.3 Å². The highest BCUT2D eigenvalue weighted by Gasteiger charge is 2.17. The Balaban J connectivity index is 2.56. The summed E-state index contributed by atoms with van der Waals surface area (Å²) in [5, 5.41) is 6.04. The van der Waals surface area contributed by atoms with Gasteiger partial charge in [-0.25, -0.2) is 4.79 Å². The number of hydrogen-bond acceptors (Lipinski definition) is 4. The summed E-state index contributed by atoms with van der Waals surface area (Å²) in [6, 6.07) is 5.95. The van der Waals surface area contributed by atoms with Crippen molar-refractivity contribution in [1.82, 2.24) is 5.32 Å². The number of ether oxygens (including phenoxy) is 1. The van der Waals surface area contributed by atoms with Gasteiger partial charge >= 0.3 is 6.09 Å². The van der Waals surface area contributed by atoms with E-state index in [4.69, 9.17) is 10.5 Å². The van der Waals surface area contributed by atoms with E-state index in [9.17, 15) is 4.79 Å². The van der Waals surface area contributed by atoms with E-state index in [2.05, 4.69) is 26.6 Å². The number of carbonyl (C=O) groups excluding carboxylic acids is 1. The minimum atomic E-state index is -0.505. The van der Waals surface area contributed by atoms with Crippen LogP contribution in [0.15, 0.2) is 22.7 Å². The van der Waals surface area contributed by atoms with Gasteiger partial charge in [-0.1, -0.05) is 6.07 Å². The first-order valence-electron chi connectivity index (χ1n) is 6.91. The maximum Gasteiger partial charge on any atom is 0.407 e. The fourth-order valence-corrected chi connectivity index (χ4v) is 2.04. The van der Waals surface area contributed by atoms with Gasteiger partial charge in [0.05, 0.1) is 6.04 Å². The highest BCUT2D eigenvalue weighted by atomic mass is 79.9. The van der Waals surface area contributed by atoms with Crippen LogP contribution in [-0.2, 0) is 4.74 Å². The van der Waals surface area contributed by atoms with Crippen molar-refractivity contribution in [2.24, 2.45) is 5.73 Å². The second-order valence-electron chi connectivity index (χ2n) is 5.94. The normalized spacial score (nSPS) is 12.7. The third-order valence-corrected chi connectivity index (χ3v) is 3.35. The van der Waals surface area contributed by atoms with Crippen LogP contribution in [0.2, 0.25) is 0 Å². The lowest BCUT2D eigenvalue weighted by atomic mass is 10.2. The molecule has 0 aliphatic rings. The van der Waals surface area contributed by atoms with Crippen molar-refractivity contribution < 1.29 is 9.53 Å². The number of aryl methyl sites for hydroxylation is 1. The van der Waals surface area contributed by atoms with Crippen LogP contribution in [0.1, 0.15) is 26.3 Å². The Morgan fingerprint density at radius 2 is 2.10 bits per heavy atom. The van der Waals surface area contributed by atoms with Gasteiger partial charge in [0, 0.05) is 23.2 Å². The molecule has 0 heterocycles. The molecule has 1 unspecified atom stereocenters. The molecule has 0 aromatic heterocycles. The van der Waals surface area contributed by atoms with Gasteiger partial charge in [0.15, 0.2) is 0 Å². The zero-order valence-electron chi connectivity index (χ0n) is 13.0. The van der Waals surface area contributed by atoms with Crippen molar-refractivity contribution in [3.05, 3.63) is 28.2 Å². The number of alkyl carbamates (subject to hydrolysis) is 1. The molecule has 1 aromatic rings. The Bertz CT molecular complexity index is 486. The minimum absolute atomic E-state index is 0.0735. The number of nitrogens with one attached hydrogen (secondary N) is 2. The van der Waals surface area contributed by atoms with Crippen LogP contribution in [0.3, 0.4) is 0 Å². The summed E-state index contributed by atoms with van der Waals surface area (Å²) in [5.74, 6) is 0. The predicted octanol–water partition coefficient (Wildman–Crippen LogP) is 3.02. The highest BCUT2D eigenvalue weighted by Crippen LogP contribution is 2.23. The van der Waals surface area contributed by atoms with E-state index < -0.39 is 11.7 Å². The number of amides is 1. The van der Waals surface area contributed by atoms with Gasteiger partial charge in [-0.2, -0.15) is 0 Å². The van der Waals surface area contributed by atoms with Gasteiger partial charge in [0.2, 0.25) is 0 Å². The number of carbonyl (C=O) groups is 1. The van der Waals surface area contributed by atoms with Crippen LogP contribution < -0.4 is 16.4 Å². The highest BCUT2D eigenvalue weighted by molar-refractivity contribution is 9.10. The molecule has 1 atom stereocenters. The van der Waals surface area contributed by atoms with Gasteiger partial charge < -0.3 is 21.1 Å². The maximum atomic E-state index is 11.6. The molecule has 5 nitrogen and oxygen atoms in total. The average molecular weight is 358 g/mol. The fraction of sp³-hybridized carbons (Fsp3) is 0.533. The number of halogens is 1. The summed E-state index contributed by atoms with van der Waals surface area (Å²) >= 11 is 3.49. The Hall–Kier alpha value is -1.27. The summed E-state index contributed by atoms with van der Waals surface area (Å²) in [7, 11) is 0. The SMILES string of the molecule is Cc1ccc(Br)c(NC(CN)CNC(=O)OC(C)(C)C)c1. The minimum Gasteiger partial charge on any atom is -0.444 e. The standard InChI is InChI=1S/C15H24BrN3O2/c1-10-5-6-12(16)13(7-10)19-11(8-17)9-18-14(20)21-15(2,3)4/h5-7,11,19H,8-9,17H2,1-4H3,(H,18,20). The van der Waals surface area contributed by atoms with E-state index in [1.54, 1.807) is 0 Å². The van der Waals surface area contributed by atoms with Crippen LogP contribution in [0, 0.1) is 6.92 Å². The van der Waals surface area contributed by atoms with Gasteiger partial charge in [0.25, 0.3) is 0 Å². The number of nitrogens with two attached hydrogens (primary N) is 1. The van der Waals surface area contributed by atoms with Crippen LogP contribution in [0.5, 0.6) is 0 Å². The summed E-state index contributed by atoms with van der Waals surface area (Å²) in [5.41, 5.74) is 7.35. The monoisotopic (exact) mass is 357 g/mol. The first-order valence-corrected chi connectivity index (χ1v) is 7.70. The van der Waals surface area contributed by atoms with Crippen molar-refractivity contribution in [2.45, 2.75) is 39.3 Å². The molecule has 0 aliphatic carbocycles. The van der Waals surface area contributed by atoms with E-state index in [0.717, 1.165) is 15.7 Å². The van der Waals surface area contributed by atoms with Crippen LogP contribution in [-0.4, -0.2) is 30.8 Å². The molecule has 0 saturated carbocycles. The molecule has 6 heteroatoms. The van der Waals surface area contributed by atoms with Crippen molar-refractivity contribution in [2.75, 3.05) is 18.4 Å².